The number of benzene rings is 10. The predicted octanol–water partition coefficient (Wildman–Crippen LogP) is 16.6. The third kappa shape index (κ3) is 7.57. The summed E-state index contributed by atoms with van der Waals surface area (Å²) in [6, 6.07) is 71.7. The van der Waals surface area contributed by atoms with Crippen LogP contribution in [-0.2, 0) is 6.18 Å². The molecule has 2 heterocycles. The van der Waals surface area contributed by atoms with Crippen molar-refractivity contribution in [3.63, 3.8) is 0 Å². The zero-order valence-corrected chi connectivity index (χ0v) is 39.9. The van der Waals surface area contributed by atoms with Crippen LogP contribution in [0, 0.1) is 56.7 Å². The van der Waals surface area contributed by atoms with Gasteiger partial charge in [0.15, 0.2) is 0 Å². The number of halogens is 3. The maximum absolute atomic E-state index is 17.0. The van der Waals surface area contributed by atoms with Gasteiger partial charge >= 0.3 is 6.18 Å². The van der Waals surface area contributed by atoms with Crippen molar-refractivity contribution in [2.75, 3.05) is 0 Å². The van der Waals surface area contributed by atoms with E-state index in [-0.39, 0.29) is 11.4 Å². The van der Waals surface area contributed by atoms with E-state index >= 15 is 13.2 Å². The first-order chi connectivity index (χ1) is 37.1. The molecule has 0 amide bonds. The maximum Gasteiger partial charge on any atom is 0.420 e. The molecular formula is C66H34F3N7. The standard InChI is InChI=1S/C66H34F3N7/c67-66(68,69)65-63(75-59-24-20-42(51-16-5-1-11-46(51)36-71)29-55(59)56-30-43(21-25-60(56)75)52-17-6-2-12-47(52)37-72)33-50(41-15-9-10-40(28-41)35-70)34-64(65)76-61-26-22-44(53-18-7-3-13-48(53)38-73)31-57(61)58-32-45(23-27-62(58)76)54-19-8-4-14-49(54)39-74/h1-34H. The van der Waals surface area contributed by atoms with Crippen LogP contribution in [0.2, 0.25) is 0 Å². The summed E-state index contributed by atoms with van der Waals surface area (Å²) in [5, 5.41) is 53.2. The SMILES string of the molecule is N#Cc1cccc(-c2cc(-n3c4ccc(-c5ccccc5C#N)cc4c4cc(-c5ccccc5C#N)ccc43)c(C(F)(F)F)c(-n3c4ccc(-c5ccccc5C#N)cc4c4cc(-c5ccccc5C#N)ccc43)c2)c1. The third-order valence-corrected chi connectivity index (χ3v) is 14.2. The molecule has 0 N–H and O–H groups in total. The molecule has 0 saturated heterocycles. The molecule has 0 radical (unpaired) electrons. The van der Waals surface area contributed by atoms with Crippen LogP contribution in [0.3, 0.4) is 0 Å². The summed E-state index contributed by atoms with van der Waals surface area (Å²) in [5.74, 6) is 0. The lowest BCUT2D eigenvalue weighted by molar-refractivity contribution is -0.137. The molecule has 2 aromatic heterocycles. The monoisotopic (exact) mass is 981 g/mol. The lowest BCUT2D eigenvalue weighted by Crippen LogP contribution is -2.16. The normalized spacial score (nSPS) is 11.3. The smallest absolute Gasteiger partial charge is 0.309 e. The van der Waals surface area contributed by atoms with Crippen molar-refractivity contribution < 1.29 is 13.2 Å². The summed E-state index contributed by atoms with van der Waals surface area (Å²) >= 11 is 0. The van der Waals surface area contributed by atoms with Crippen LogP contribution in [0.4, 0.5) is 13.2 Å². The molecule has 7 nitrogen and oxygen atoms in total. The van der Waals surface area contributed by atoms with Crippen molar-refractivity contribution in [2.45, 2.75) is 6.18 Å². The number of fused-ring (bicyclic) bond motifs is 6. The van der Waals surface area contributed by atoms with Crippen LogP contribution < -0.4 is 0 Å². The highest BCUT2D eigenvalue weighted by atomic mass is 19.4. The molecule has 0 spiro atoms. The van der Waals surface area contributed by atoms with Crippen LogP contribution >= 0.6 is 0 Å². The fourth-order valence-electron chi connectivity index (χ4n) is 10.8. The molecule has 0 atom stereocenters. The molecule has 10 heteroatoms. The predicted molar refractivity (Wildman–Crippen MR) is 291 cm³/mol. The zero-order chi connectivity index (χ0) is 52.2. The van der Waals surface area contributed by atoms with E-state index in [9.17, 15) is 26.3 Å². The molecule has 12 aromatic rings. The van der Waals surface area contributed by atoms with Crippen molar-refractivity contribution in [2.24, 2.45) is 0 Å². The highest BCUT2D eigenvalue weighted by Gasteiger charge is 2.40. The molecule has 10 aromatic carbocycles. The Kier molecular flexibility index (Phi) is 11.1. The molecule has 0 aliphatic rings. The van der Waals surface area contributed by atoms with Crippen molar-refractivity contribution >= 4 is 43.6 Å². The molecular weight excluding hydrogens is 948 g/mol. The van der Waals surface area contributed by atoms with E-state index in [1.807, 2.05) is 97.1 Å². The van der Waals surface area contributed by atoms with Gasteiger partial charge in [-0.1, -0.05) is 109 Å². The number of nitriles is 5. The molecule has 0 bridgehead atoms. The second kappa shape index (κ2) is 18.3. The van der Waals surface area contributed by atoms with Crippen molar-refractivity contribution in [3.8, 4) is 97.4 Å². The Morgan fingerprint density at radius 1 is 0.303 bits per heavy atom. The third-order valence-electron chi connectivity index (χ3n) is 14.2. The van der Waals surface area contributed by atoms with Crippen LogP contribution in [0.1, 0.15) is 33.4 Å². The van der Waals surface area contributed by atoms with Crippen LogP contribution in [0.5, 0.6) is 0 Å². The van der Waals surface area contributed by atoms with Crippen molar-refractivity contribution in [3.05, 3.63) is 240 Å². The fourth-order valence-corrected chi connectivity index (χ4v) is 10.8. The Balaban J connectivity index is 1.23. The van der Waals surface area contributed by atoms with Gasteiger partial charge in [0.1, 0.15) is 5.56 Å². The largest absolute Gasteiger partial charge is 0.420 e. The minimum Gasteiger partial charge on any atom is -0.309 e. The van der Waals surface area contributed by atoms with Gasteiger partial charge in [-0.3, -0.25) is 0 Å². The molecule has 354 valence electrons. The first kappa shape index (κ1) is 46.1. The van der Waals surface area contributed by atoms with E-state index in [1.54, 1.807) is 106 Å². The minimum absolute atomic E-state index is 0.188. The summed E-state index contributed by atoms with van der Waals surface area (Å²) in [7, 11) is 0. The Bertz CT molecular complexity index is 4170. The number of hydrogen-bond donors (Lipinski definition) is 0. The van der Waals surface area contributed by atoms with Crippen LogP contribution in [0.15, 0.2) is 206 Å². The molecule has 76 heavy (non-hydrogen) atoms. The van der Waals surface area contributed by atoms with Gasteiger partial charge in [-0.2, -0.15) is 39.5 Å². The summed E-state index contributed by atoms with van der Waals surface area (Å²) in [6.45, 7) is 0. The Morgan fingerprint density at radius 2 is 0.632 bits per heavy atom. The van der Waals surface area contributed by atoms with Gasteiger partial charge < -0.3 is 9.13 Å². The van der Waals surface area contributed by atoms with Crippen molar-refractivity contribution in [1.29, 1.82) is 26.3 Å². The number of rotatable bonds is 7. The minimum atomic E-state index is -5.00. The molecule has 0 saturated carbocycles. The topological polar surface area (TPSA) is 129 Å². The second-order valence-corrected chi connectivity index (χ2v) is 18.3. The fraction of sp³-hybridized carbons (Fsp3) is 0.0152. The first-order valence-corrected chi connectivity index (χ1v) is 24.0. The van der Waals surface area contributed by atoms with E-state index in [1.165, 1.54) is 12.1 Å². The van der Waals surface area contributed by atoms with Crippen LogP contribution in [-0.4, -0.2) is 9.13 Å². The number of hydrogen-bond acceptors (Lipinski definition) is 5. The molecule has 0 aliphatic carbocycles. The summed E-state index contributed by atoms with van der Waals surface area (Å²) in [6.07, 6.45) is -5.00. The molecule has 0 aliphatic heterocycles. The summed E-state index contributed by atoms with van der Waals surface area (Å²) < 4.78 is 54.4. The first-order valence-electron chi connectivity index (χ1n) is 24.0. The second-order valence-electron chi connectivity index (χ2n) is 18.3. The van der Waals surface area contributed by atoms with Gasteiger partial charge in [-0.15, -0.1) is 0 Å². The van der Waals surface area contributed by atoms with E-state index in [0.29, 0.717) is 127 Å². The van der Waals surface area contributed by atoms with E-state index in [2.05, 4.69) is 30.3 Å². The lowest BCUT2D eigenvalue weighted by Gasteiger charge is -2.23. The Labute approximate surface area is 433 Å². The maximum atomic E-state index is 17.0. The molecule has 0 unspecified atom stereocenters. The highest BCUT2D eigenvalue weighted by Crippen LogP contribution is 2.48. The lowest BCUT2D eigenvalue weighted by atomic mass is 9.96. The quantitative estimate of drug-likeness (QED) is 0.157. The Morgan fingerprint density at radius 3 is 0.934 bits per heavy atom. The van der Waals surface area contributed by atoms with E-state index in [4.69, 9.17) is 0 Å². The number of alkyl halides is 3. The van der Waals surface area contributed by atoms with E-state index < -0.39 is 11.7 Å². The summed E-state index contributed by atoms with van der Waals surface area (Å²) in [5.41, 5.74) is 8.77. The van der Waals surface area contributed by atoms with Gasteiger partial charge in [0, 0.05) is 21.5 Å². The highest BCUT2D eigenvalue weighted by molar-refractivity contribution is 6.14. The molecule has 0 fully saturated rings. The van der Waals surface area contributed by atoms with Gasteiger partial charge in [-0.05, 0) is 153 Å². The van der Waals surface area contributed by atoms with Gasteiger partial charge in [0.05, 0.1) is 91.6 Å². The Hall–Kier alpha value is -11.0. The summed E-state index contributed by atoms with van der Waals surface area (Å²) in [4.78, 5) is 0. The average Bonchev–Trinajstić information content (AvgIpc) is 4.17. The van der Waals surface area contributed by atoms with E-state index in [0.717, 1.165) is 0 Å². The average molecular weight is 982 g/mol. The van der Waals surface area contributed by atoms with Crippen LogP contribution in [0.25, 0.3) is 111 Å². The number of nitrogens with zero attached hydrogens (tertiary/aromatic N) is 7. The van der Waals surface area contributed by atoms with Gasteiger partial charge in [-0.25, -0.2) is 0 Å². The van der Waals surface area contributed by atoms with Gasteiger partial charge in [0.25, 0.3) is 0 Å². The van der Waals surface area contributed by atoms with Gasteiger partial charge in [0.2, 0.25) is 0 Å². The molecule has 12 rings (SSSR count). The number of aromatic nitrogens is 2. The van der Waals surface area contributed by atoms with Crippen molar-refractivity contribution in [1.82, 2.24) is 9.13 Å². The zero-order valence-electron chi connectivity index (χ0n) is 39.9.